The number of hydrogen-bond donors (Lipinski definition) is 2. The van der Waals surface area contributed by atoms with Gasteiger partial charge < -0.3 is 10.2 Å². The largest absolute Gasteiger partial charge is 0.396 e. The first-order valence-electron chi connectivity index (χ1n) is 7.23. The molecule has 0 heterocycles. The van der Waals surface area contributed by atoms with Gasteiger partial charge in [0.25, 0.3) is 0 Å². The van der Waals surface area contributed by atoms with Gasteiger partial charge in [0, 0.05) is 12.5 Å². The topological polar surface area (TPSA) is 40.5 Å². The molecule has 0 radical (unpaired) electrons. The van der Waals surface area contributed by atoms with Crippen LogP contribution in [-0.4, -0.2) is 22.9 Å². The Kier molecular flexibility index (Phi) is 7.48. The van der Waals surface area contributed by atoms with Crippen molar-refractivity contribution in [2.45, 2.75) is 39.2 Å². The van der Waals surface area contributed by atoms with Gasteiger partial charge in [0.15, 0.2) is 0 Å². The van der Waals surface area contributed by atoms with Gasteiger partial charge in [-0.25, -0.2) is 4.39 Å². The lowest BCUT2D eigenvalue weighted by Crippen LogP contribution is -2.13. The maximum Gasteiger partial charge on any atom is 0.125 e. The van der Waals surface area contributed by atoms with E-state index in [9.17, 15) is 14.6 Å². The summed E-state index contributed by atoms with van der Waals surface area (Å²) < 4.78 is 13.9. The third-order valence-corrected chi connectivity index (χ3v) is 3.27. The highest BCUT2D eigenvalue weighted by Crippen LogP contribution is 2.19. The maximum absolute atomic E-state index is 13.9. The number of rotatable bonds is 8. The fraction of sp³-hybridized carbons (Fsp3) is 0.529. The summed E-state index contributed by atoms with van der Waals surface area (Å²) in [7, 11) is 0. The molecule has 0 aliphatic rings. The molecule has 0 bridgehead atoms. The summed E-state index contributed by atoms with van der Waals surface area (Å²) in [6.07, 6.45) is 1.99. The molecule has 0 aliphatic carbocycles. The van der Waals surface area contributed by atoms with E-state index in [0.29, 0.717) is 18.8 Å². The lowest BCUT2D eigenvalue weighted by molar-refractivity contribution is 0.168. The third kappa shape index (κ3) is 6.31. The first kappa shape index (κ1) is 16.9. The zero-order valence-corrected chi connectivity index (χ0v) is 12.3. The van der Waals surface area contributed by atoms with E-state index in [1.807, 2.05) is 44.2 Å². The van der Waals surface area contributed by atoms with Crippen LogP contribution >= 0.6 is 0 Å². The van der Waals surface area contributed by atoms with Gasteiger partial charge in [-0.3, -0.25) is 0 Å². The van der Waals surface area contributed by atoms with Crippen LogP contribution in [0.1, 0.15) is 32.3 Å². The number of aliphatic hydroxyl groups excluding tert-OH is 2. The Labute approximate surface area is 121 Å². The van der Waals surface area contributed by atoms with E-state index in [2.05, 4.69) is 0 Å². The molecule has 1 aromatic carbocycles. The molecule has 0 aromatic heterocycles. The monoisotopic (exact) mass is 280 g/mol. The van der Waals surface area contributed by atoms with Crippen LogP contribution < -0.4 is 0 Å². The molecule has 0 spiro atoms. The molecule has 2 atom stereocenters. The van der Waals surface area contributed by atoms with Crippen LogP contribution in [0, 0.1) is 11.8 Å². The lowest BCUT2D eigenvalue weighted by Gasteiger charge is -2.14. The van der Waals surface area contributed by atoms with E-state index in [0.717, 1.165) is 12.0 Å². The Morgan fingerprint density at radius 2 is 1.90 bits per heavy atom. The number of aliphatic hydroxyl groups is 2. The molecule has 3 heteroatoms. The van der Waals surface area contributed by atoms with Crippen LogP contribution in [-0.2, 0) is 6.42 Å². The van der Waals surface area contributed by atoms with Crippen molar-refractivity contribution in [1.82, 2.24) is 0 Å². The molecule has 0 saturated heterocycles. The van der Waals surface area contributed by atoms with Crippen LogP contribution in [0.15, 0.2) is 42.2 Å². The summed E-state index contributed by atoms with van der Waals surface area (Å²) in [6.45, 7) is 3.97. The number of benzene rings is 1. The summed E-state index contributed by atoms with van der Waals surface area (Å²) in [5.74, 6) is -0.361. The lowest BCUT2D eigenvalue weighted by atomic mass is 9.96. The van der Waals surface area contributed by atoms with E-state index in [1.54, 1.807) is 0 Å². The molecule has 1 rings (SSSR count). The average Bonchev–Trinajstić information content (AvgIpc) is 2.44. The summed E-state index contributed by atoms with van der Waals surface area (Å²) in [5.41, 5.74) is 1.08. The quantitative estimate of drug-likeness (QED) is 0.765. The maximum atomic E-state index is 13.9. The fourth-order valence-corrected chi connectivity index (χ4v) is 2.22. The molecular weight excluding hydrogens is 255 g/mol. The SMILES string of the molecule is CC(C)C[C@@H](/C=C(\F)[C@H](O)CCc1ccccc1)CO. The second kappa shape index (κ2) is 8.88. The predicted molar refractivity (Wildman–Crippen MR) is 80.0 cm³/mol. The molecule has 2 N–H and O–H groups in total. The van der Waals surface area contributed by atoms with Gasteiger partial charge in [0.05, 0.1) is 0 Å². The summed E-state index contributed by atoms with van der Waals surface area (Å²) >= 11 is 0. The second-order valence-electron chi connectivity index (χ2n) is 5.66. The molecule has 0 saturated carbocycles. The van der Waals surface area contributed by atoms with Gasteiger partial charge in [0.2, 0.25) is 0 Å². The highest BCUT2D eigenvalue weighted by atomic mass is 19.1. The van der Waals surface area contributed by atoms with Gasteiger partial charge in [-0.1, -0.05) is 44.2 Å². The Balaban J connectivity index is 2.50. The third-order valence-electron chi connectivity index (χ3n) is 3.27. The first-order valence-corrected chi connectivity index (χ1v) is 7.23. The van der Waals surface area contributed by atoms with Crippen LogP contribution in [0.25, 0.3) is 0 Å². The summed E-state index contributed by atoms with van der Waals surface area (Å²) in [5, 5.41) is 19.1. The van der Waals surface area contributed by atoms with Gasteiger partial charge >= 0.3 is 0 Å². The van der Waals surface area contributed by atoms with E-state index in [1.165, 1.54) is 6.08 Å². The molecule has 0 amide bonds. The zero-order valence-electron chi connectivity index (χ0n) is 12.3. The van der Waals surface area contributed by atoms with Gasteiger partial charge in [-0.05, 0) is 36.8 Å². The highest BCUT2D eigenvalue weighted by Gasteiger charge is 2.14. The van der Waals surface area contributed by atoms with Crippen molar-refractivity contribution < 1.29 is 14.6 Å². The fourth-order valence-electron chi connectivity index (χ4n) is 2.22. The van der Waals surface area contributed by atoms with Crippen molar-refractivity contribution >= 4 is 0 Å². The summed E-state index contributed by atoms with van der Waals surface area (Å²) in [4.78, 5) is 0. The Morgan fingerprint density at radius 3 is 2.45 bits per heavy atom. The molecule has 20 heavy (non-hydrogen) atoms. The van der Waals surface area contributed by atoms with Gasteiger partial charge in [0.1, 0.15) is 11.9 Å². The molecular formula is C17H25FO2. The molecule has 0 unspecified atom stereocenters. The standard InChI is InChI=1S/C17H25FO2/c1-13(2)10-15(12-19)11-16(18)17(20)9-8-14-6-4-3-5-7-14/h3-7,11,13,15,17,19-20H,8-10,12H2,1-2H3/b16-11-/t15-,17+/m0/s1. The van der Waals surface area contributed by atoms with Crippen molar-refractivity contribution in [3.8, 4) is 0 Å². The van der Waals surface area contributed by atoms with Crippen LogP contribution in [0.3, 0.4) is 0 Å². The molecule has 1 aromatic rings. The Morgan fingerprint density at radius 1 is 1.25 bits per heavy atom. The molecule has 0 aliphatic heterocycles. The van der Waals surface area contributed by atoms with Gasteiger partial charge in [-0.2, -0.15) is 0 Å². The normalized spacial score (nSPS) is 15.4. The number of aryl methyl sites for hydroxylation is 1. The van der Waals surface area contributed by atoms with Crippen LogP contribution in [0.5, 0.6) is 0 Å². The molecule has 112 valence electrons. The van der Waals surface area contributed by atoms with Crippen molar-refractivity contribution in [2.24, 2.45) is 11.8 Å². The zero-order chi connectivity index (χ0) is 15.0. The minimum atomic E-state index is -1.09. The number of halogens is 1. The first-order chi connectivity index (χ1) is 9.52. The average molecular weight is 280 g/mol. The smallest absolute Gasteiger partial charge is 0.125 e. The van der Waals surface area contributed by atoms with E-state index in [-0.39, 0.29) is 12.5 Å². The highest BCUT2D eigenvalue weighted by molar-refractivity contribution is 5.15. The van der Waals surface area contributed by atoms with E-state index >= 15 is 0 Å². The van der Waals surface area contributed by atoms with E-state index in [4.69, 9.17) is 0 Å². The van der Waals surface area contributed by atoms with Crippen molar-refractivity contribution in [1.29, 1.82) is 0 Å². The second-order valence-corrected chi connectivity index (χ2v) is 5.66. The molecule has 0 fully saturated rings. The van der Waals surface area contributed by atoms with Crippen molar-refractivity contribution in [2.75, 3.05) is 6.61 Å². The van der Waals surface area contributed by atoms with Crippen molar-refractivity contribution in [3.05, 3.63) is 47.8 Å². The Hall–Kier alpha value is -1.19. The Bertz CT molecular complexity index is 401. The minimum absolute atomic E-state index is 0.0863. The molecule has 2 nitrogen and oxygen atoms in total. The van der Waals surface area contributed by atoms with Crippen LogP contribution in [0.2, 0.25) is 0 Å². The summed E-state index contributed by atoms with van der Waals surface area (Å²) in [6, 6.07) is 9.71. The van der Waals surface area contributed by atoms with Crippen molar-refractivity contribution in [3.63, 3.8) is 0 Å². The predicted octanol–water partition coefficient (Wildman–Crippen LogP) is 3.49. The van der Waals surface area contributed by atoms with E-state index < -0.39 is 11.9 Å². The van der Waals surface area contributed by atoms with Crippen LogP contribution in [0.4, 0.5) is 4.39 Å². The minimum Gasteiger partial charge on any atom is -0.396 e. The van der Waals surface area contributed by atoms with Gasteiger partial charge in [-0.15, -0.1) is 0 Å². The number of hydrogen-bond acceptors (Lipinski definition) is 2.